The minimum absolute atomic E-state index is 0.0840. The molecule has 2 aliphatic rings. The van der Waals surface area contributed by atoms with Gasteiger partial charge in [-0.2, -0.15) is 0 Å². The highest BCUT2D eigenvalue weighted by molar-refractivity contribution is 6.30. The van der Waals surface area contributed by atoms with Crippen LogP contribution in [-0.4, -0.2) is 23.4 Å². The summed E-state index contributed by atoms with van der Waals surface area (Å²) in [5, 5.41) is 7.91. The molecule has 0 aromatic heterocycles. The molecule has 3 N–H and O–H groups in total. The molecule has 1 saturated heterocycles. The van der Waals surface area contributed by atoms with Crippen molar-refractivity contribution < 1.29 is 18.8 Å². The molecule has 1 saturated carbocycles. The predicted octanol–water partition coefficient (Wildman–Crippen LogP) is 1.86. The van der Waals surface area contributed by atoms with Gasteiger partial charge in [-0.05, 0) is 37.8 Å². The second-order valence-corrected chi connectivity index (χ2v) is 6.65. The topological polar surface area (TPSA) is 87.3 Å². The van der Waals surface area contributed by atoms with Gasteiger partial charge in [-0.15, -0.1) is 0 Å². The number of amides is 4. The van der Waals surface area contributed by atoms with Gasteiger partial charge in [0.15, 0.2) is 0 Å². The van der Waals surface area contributed by atoms with Crippen molar-refractivity contribution in [3.63, 3.8) is 0 Å². The summed E-state index contributed by atoms with van der Waals surface area (Å²) in [6.45, 7) is 0.0840. The van der Waals surface area contributed by atoms with Gasteiger partial charge in [-0.1, -0.05) is 17.7 Å². The van der Waals surface area contributed by atoms with Crippen LogP contribution in [0.25, 0.3) is 0 Å². The molecule has 4 amide bonds. The van der Waals surface area contributed by atoms with E-state index in [2.05, 4.69) is 16.0 Å². The molecular weight excluding hydrogens is 337 g/mol. The fraction of sp³-hybridized carbons (Fsp3) is 0.438. The molecule has 1 spiro atoms. The maximum Gasteiger partial charge on any atom is 0.322 e. The molecule has 1 heterocycles. The molecule has 24 heavy (non-hydrogen) atoms. The average Bonchev–Trinajstić information content (AvgIpc) is 2.80. The van der Waals surface area contributed by atoms with Gasteiger partial charge in [-0.25, -0.2) is 9.18 Å². The van der Waals surface area contributed by atoms with Crippen LogP contribution >= 0.6 is 11.6 Å². The molecule has 8 heteroatoms. The van der Waals surface area contributed by atoms with Crippen LogP contribution in [0.5, 0.6) is 0 Å². The van der Waals surface area contributed by atoms with E-state index < -0.39 is 17.4 Å². The fourth-order valence-electron chi connectivity index (χ4n) is 3.24. The van der Waals surface area contributed by atoms with Crippen molar-refractivity contribution in [2.45, 2.75) is 37.8 Å². The molecule has 0 radical (unpaired) electrons. The molecule has 0 atom stereocenters. The van der Waals surface area contributed by atoms with Crippen molar-refractivity contribution in [1.29, 1.82) is 0 Å². The number of nitrogens with one attached hydrogen (secondary N) is 3. The monoisotopic (exact) mass is 353 g/mol. The molecule has 128 valence electrons. The molecule has 1 aromatic rings. The second-order valence-electron chi connectivity index (χ2n) is 6.22. The highest BCUT2D eigenvalue weighted by Crippen LogP contribution is 2.34. The van der Waals surface area contributed by atoms with Gasteiger partial charge in [0.1, 0.15) is 11.4 Å². The quantitative estimate of drug-likeness (QED) is 0.725. The van der Waals surface area contributed by atoms with Crippen LogP contribution in [0.4, 0.5) is 9.18 Å². The largest absolute Gasteiger partial charge is 0.352 e. The third-order valence-corrected chi connectivity index (χ3v) is 4.93. The van der Waals surface area contributed by atoms with Gasteiger partial charge in [0.2, 0.25) is 5.91 Å². The third-order valence-electron chi connectivity index (χ3n) is 4.69. The number of rotatable bonds is 3. The summed E-state index contributed by atoms with van der Waals surface area (Å²) in [5.74, 6) is -1.22. The van der Waals surface area contributed by atoms with Crippen molar-refractivity contribution in [3.8, 4) is 0 Å². The minimum atomic E-state index is -0.879. The molecule has 2 fully saturated rings. The normalized spacial score (nSPS) is 26.2. The van der Waals surface area contributed by atoms with Gasteiger partial charge in [0.25, 0.3) is 5.91 Å². The lowest BCUT2D eigenvalue weighted by Gasteiger charge is -2.33. The first-order valence-corrected chi connectivity index (χ1v) is 8.13. The Bertz CT molecular complexity index is 702. The molecule has 1 aromatic carbocycles. The van der Waals surface area contributed by atoms with E-state index in [4.69, 9.17) is 11.6 Å². The van der Waals surface area contributed by atoms with E-state index in [1.165, 1.54) is 12.1 Å². The standard InChI is InChI=1S/C16H17ClFN3O3/c17-11-2-1-10(12(18)7-11)8-19-13(22)9-3-5-16(6-4-9)14(23)20-15(24)21-16/h1-2,7,9H,3-6,8H2,(H,19,22)(H2,20,21,23,24). The zero-order chi connectivity index (χ0) is 17.3. The Morgan fingerprint density at radius 1 is 1.33 bits per heavy atom. The summed E-state index contributed by atoms with van der Waals surface area (Å²) in [7, 11) is 0. The third kappa shape index (κ3) is 3.21. The van der Waals surface area contributed by atoms with Gasteiger partial charge >= 0.3 is 6.03 Å². The van der Waals surface area contributed by atoms with Crippen LogP contribution in [0.15, 0.2) is 18.2 Å². The summed E-state index contributed by atoms with van der Waals surface area (Å²) in [5.41, 5.74) is -0.515. The van der Waals surface area contributed by atoms with E-state index in [0.717, 1.165) is 0 Å². The van der Waals surface area contributed by atoms with E-state index in [0.29, 0.717) is 36.3 Å². The van der Waals surface area contributed by atoms with Gasteiger partial charge in [0, 0.05) is 23.0 Å². The van der Waals surface area contributed by atoms with Crippen LogP contribution < -0.4 is 16.0 Å². The van der Waals surface area contributed by atoms with E-state index >= 15 is 0 Å². The summed E-state index contributed by atoms with van der Waals surface area (Å²) in [6, 6.07) is 3.82. The van der Waals surface area contributed by atoms with E-state index in [1.54, 1.807) is 6.07 Å². The number of carbonyl (C=O) groups excluding carboxylic acids is 3. The Hall–Kier alpha value is -2.15. The lowest BCUT2D eigenvalue weighted by molar-refractivity contribution is -0.130. The lowest BCUT2D eigenvalue weighted by Crippen LogP contribution is -2.50. The number of imide groups is 1. The van der Waals surface area contributed by atoms with Crippen molar-refractivity contribution in [2.75, 3.05) is 0 Å². The maximum atomic E-state index is 13.7. The first-order valence-electron chi connectivity index (χ1n) is 7.75. The zero-order valence-corrected chi connectivity index (χ0v) is 13.6. The van der Waals surface area contributed by atoms with Crippen LogP contribution in [0.1, 0.15) is 31.2 Å². The number of hydrogen-bond donors (Lipinski definition) is 3. The Kier molecular flexibility index (Phi) is 4.45. The Morgan fingerprint density at radius 2 is 2.04 bits per heavy atom. The van der Waals surface area contributed by atoms with E-state index in [-0.39, 0.29) is 24.3 Å². The van der Waals surface area contributed by atoms with Gasteiger partial charge < -0.3 is 10.6 Å². The summed E-state index contributed by atoms with van der Waals surface area (Å²) in [6.07, 6.45) is 1.81. The van der Waals surface area contributed by atoms with Crippen molar-refractivity contribution in [1.82, 2.24) is 16.0 Å². The number of benzene rings is 1. The van der Waals surface area contributed by atoms with Crippen LogP contribution in [-0.2, 0) is 16.1 Å². The van der Waals surface area contributed by atoms with E-state index in [9.17, 15) is 18.8 Å². The Balaban J connectivity index is 1.54. The molecule has 3 rings (SSSR count). The highest BCUT2D eigenvalue weighted by atomic mass is 35.5. The van der Waals surface area contributed by atoms with Crippen molar-refractivity contribution >= 4 is 29.4 Å². The number of hydrogen-bond acceptors (Lipinski definition) is 3. The number of carbonyl (C=O) groups is 3. The molecule has 1 aliphatic heterocycles. The van der Waals surface area contributed by atoms with Gasteiger partial charge in [-0.3, -0.25) is 14.9 Å². The number of urea groups is 1. The lowest BCUT2D eigenvalue weighted by atomic mass is 9.76. The molecule has 0 bridgehead atoms. The molecule has 6 nitrogen and oxygen atoms in total. The maximum absolute atomic E-state index is 13.7. The fourth-order valence-corrected chi connectivity index (χ4v) is 3.40. The Morgan fingerprint density at radius 3 is 2.62 bits per heavy atom. The minimum Gasteiger partial charge on any atom is -0.352 e. The average molecular weight is 354 g/mol. The summed E-state index contributed by atoms with van der Waals surface area (Å²) in [4.78, 5) is 35.4. The summed E-state index contributed by atoms with van der Waals surface area (Å²) >= 11 is 5.69. The first-order chi connectivity index (χ1) is 11.4. The van der Waals surface area contributed by atoms with Crippen LogP contribution in [0, 0.1) is 11.7 Å². The van der Waals surface area contributed by atoms with Crippen LogP contribution in [0.2, 0.25) is 5.02 Å². The zero-order valence-electron chi connectivity index (χ0n) is 12.8. The SMILES string of the molecule is O=C1NC(=O)C2(CCC(C(=O)NCc3ccc(Cl)cc3F)CC2)N1. The van der Waals surface area contributed by atoms with Gasteiger partial charge in [0.05, 0.1) is 0 Å². The highest BCUT2D eigenvalue weighted by Gasteiger charge is 2.48. The van der Waals surface area contributed by atoms with Crippen molar-refractivity contribution in [2.24, 2.45) is 5.92 Å². The predicted molar refractivity (Wildman–Crippen MR) is 84.6 cm³/mol. The first kappa shape index (κ1) is 16.7. The molecule has 1 aliphatic carbocycles. The van der Waals surface area contributed by atoms with Crippen LogP contribution in [0.3, 0.4) is 0 Å². The summed E-state index contributed by atoms with van der Waals surface area (Å²) < 4.78 is 13.7. The Labute approximate surface area is 143 Å². The van der Waals surface area contributed by atoms with Crippen molar-refractivity contribution in [3.05, 3.63) is 34.6 Å². The smallest absolute Gasteiger partial charge is 0.322 e. The van der Waals surface area contributed by atoms with E-state index in [1.807, 2.05) is 0 Å². The second kappa shape index (κ2) is 6.39. The molecule has 0 unspecified atom stereocenters. The molecular formula is C16H17ClFN3O3. The number of halogens is 2.